The van der Waals surface area contributed by atoms with Crippen LogP contribution in [0.5, 0.6) is 5.75 Å². The minimum Gasteiger partial charge on any atom is -0.494 e. The first-order chi connectivity index (χ1) is 10.8. The molecule has 1 heterocycles. The van der Waals surface area contributed by atoms with Crippen molar-refractivity contribution in [2.45, 2.75) is 6.42 Å². The standard InChI is InChI=1S/C18H15FN2O/c1-22-18-10-7-14(12-16(18)19)17-9-8-15(20-21-17)11-13-5-3-2-4-6-13/h2-10,12H,11H2,1H3. The van der Waals surface area contributed by atoms with Gasteiger partial charge in [-0.25, -0.2) is 4.39 Å². The number of rotatable bonds is 4. The van der Waals surface area contributed by atoms with Crippen LogP contribution in [-0.2, 0) is 6.42 Å². The Balaban J connectivity index is 1.81. The summed E-state index contributed by atoms with van der Waals surface area (Å²) in [7, 11) is 1.44. The van der Waals surface area contributed by atoms with Gasteiger partial charge in [-0.2, -0.15) is 10.2 Å². The van der Waals surface area contributed by atoms with Crippen molar-refractivity contribution in [2.75, 3.05) is 7.11 Å². The van der Waals surface area contributed by atoms with Crippen molar-refractivity contribution < 1.29 is 9.13 Å². The maximum Gasteiger partial charge on any atom is 0.165 e. The number of benzene rings is 2. The summed E-state index contributed by atoms with van der Waals surface area (Å²) in [5.74, 6) is -0.187. The summed E-state index contributed by atoms with van der Waals surface area (Å²) in [4.78, 5) is 0. The number of hydrogen-bond donors (Lipinski definition) is 0. The monoisotopic (exact) mass is 294 g/mol. The maximum absolute atomic E-state index is 13.7. The second-order valence-electron chi connectivity index (χ2n) is 4.92. The quantitative estimate of drug-likeness (QED) is 0.732. The molecule has 0 unspecified atom stereocenters. The van der Waals surface area contributed by atoms with Crippen LogP contribution in [0.3, 0.4) is 0 Å². The zero-order valence-electron chi connectivity index (χ0n) is 12.2. The lowest BCUT2D eigenvalue weighted by atomic mass is 10.1. The van der Waals surface area contributed by atoms with Gasteiger partial charge in [0, 0.05) is 12.0 Å². The summed E-state index contributed by atoms with van der Waals surface area (Å²) in [5.41, 5.74) is 3.37. The van der Waals surface area contributed by atoms with E-state index in [1.54, 1.807) is 12.1 Å². The van der Waals surface area contributed by atoms with Gasteiger partial charge in [0.15, 0.2) is 11.6 Å². The van der Waals surface area contributed by atoms with Gasteiger partial charge in [0.1, 0.15) is 0 Å². The molecule has 2 aromatic carbocycles. The highest BCUT2D eigenvalue weighted by atomic mass is 19.1. The van der Waals surface area contributed by atoms with Crippen LogP contribution in [0.15, 0.2) is 60.7 Å². The Morgan fingerprint density at radius 2 is 1.77 bits per heavy atom. The maximum atomic E-state index is 13.7. The highest BCUT2D eigenvalue weighted by Gasteiger charge is 2.07. The van der Waals surface area contributed by atoms with Crippen molar-refractivity contribution in [2.24, 2.45) is 0 Å². The molecule has 0 fully saturated rings. The molecule has 0 aliphatic heterocycles. The molecule has 0 amide bonds. The zero-order valence-corrected chi connectivity index (χ0v) is 12.2. The first-order valence-corrected chi connectivity index (χ1v) is 6.97. The van der Waals surface area contributed by atoms with Crippen LogP contribution in [0.1, 0.15) is 11.3 Å². The molecular weight excluding hydrogens is 279 g/mol. The van der Waals surface area contributed by atoms with Gasteiger partial charge in [-0.1, -0.05) is 30.3 Å². The number of halogens is 1. The van der Waals surface area contributed by atoms with E-state index in [9.17, 15) is 4.39 Å². The Morgan fingerprint density at radius 3 is 2.41 bits per heavy atom. The molecule has 0 aliphatic carbocycles. The summed E-state index contributed by atoms with van der Waals surface area (Å²) in [6.07, 6.45) is 0.727. The number of nitrogens with zero attached hydrogens (tertiary/aromatic N) is 2. The highest BCUT2D eigenvalue weighted by molar-refractivity contribution is 5.59. The van der Waals surface area contributed by atoms with Crippen LogP contribution in [-0.4, -0.2) is 17.3 Å². The Bertz CT molecular complexity index is 758. The van der Waals surface area contributed by atoms with Gasteiger partial charge >= 0.3 is 0 Å². The van der Waals surface area contributed by atoms with E-state index in [1.165, 1.54) is 18.7 Å². The Labute approximate surface area is 128 Å². The van der Waals surface area contributed by atoms with Gasteiger partial charge in [0.2, 0.25) is 0 Å². The molecule has 0 saturated heterocycles. The fourth-order valence-electron chi connectivity index (χ4n) is 2.24. The normalized spacial score (nSPS) is 10.5. The smallest absolute Gasteiger partial charge is 0.165 e. The second kappa shape index (κ2) is 6.35. The van der Waals surface area contributed by atoms with Crippen LogP contribution in [0.25, 0.3) is 11.3 Å². The molecule has 0 atom stereocenters. The van der Waals surface area contributed by atoms with Crippen molar-refractivity contribution in [1.82, 2.24) is 10.2 Å². The molecule has 3 aromatic rings. The molecular formula is C18H15FN2O. The van der Waals surface area contributed by atoms with Crippen LogP contribution >= 0.6 is 0 Å². The lowest BCUT2D eigenvalue weighted by molar-refractivity contribution is 0.386. The van der Waals surface area contributed by atoms with Crippen molar-refractivity contribution in [3.05, 3.63) is 77.7 Å². The fraction of sp³-hybridized carbons (Fsp3) is 0.111. The van der Waals surface area contributed by atoms with Crippen LogP contribution in [0.4, 0.5) is 4.39 Å². The molecule has 1 aromatic heterocycles. The Hall–Kier alpha value is -2.75. The predicted molar refractivity (Wildman–Crippen MR) is 83.2 cm³/mol. The summed E-state index contributed by atoms with van der Waals surface area (Å²) < 4.78 is 18.6. The first kappa shape index (κ1) is 14.2. The molecule has 22 heavy (non-hydrogen) atoms. The van der Waals surface area contributed by atoms with E-state index in [1.807, 2.05) is 30.3 Å². The van der Waals surface area contributed by atoms with Crippen LogP contribution in [0.2, 0.25) is 0 Å². The van der Waals surface area contributed by atoms with E-state index in [2.05, 4.69) is 22.3 Å². The minimum atomic E-state index is -0.407. The third-order valence-electron chi connectivity index (χ3n) is 3.40. The van der Waals surface area contributed by atoms with E-state index in [-0.39, 0.29) is 5.75 Å². The van der Waals surface area contributed by atoms with E-state index in [0.29, 0.717) is 11.3 Å². The van der Waals surface area contributed by atoms with Crippen molar-refractivity contribution >= 4 is 0 Å². The number of aromatic nitrogens is 2. The van der Waals surface area contributed by atoms with E-state index >= 15 is 0 Å². The molecule has 4 heteroatoms. The second-order valence-corrected chi connectivity index (χ2v) is 4.92. The van der Waals surface area contributed by atoms with E-state index in [4.69, 9.17) is 4.74 Å². The van der Waals surface area contributed by atoms with Crippen LogP contribution < -0.4 is 4.74 Å². The molecule has 110 valence electrons. The third kappa shape index (κ3) is 3.11. The van der Waals surface area contributed by atoms with E-state index in [0.717, 1.165) is 12.1 Å². The van der Waals surface area contributed by atoms with Crippen molar-refractivity contribution in [3.63, 3.8) is 0 Å². The van der Waals surface area contributed by atoms with E-state index < -0.39 is 5.82 Å². The van der Waals surface area contributed by atoms with Crippen molar-refractivity contribution in [1.29, 1.82) is 0 Å². The average molecular weight is 294 g/mol. The highest BCUT2D eigenvalue weighted by Crippen LogP contribution is 2.24. The summed E-state index contributed by atoms with van der Waals surface area (Å²) in [5, 5.41) is 8.40. The van der Waals surface area contributed by atoms with Gasteiger partial charge in [0.25, 0.3) is 0 Å². The molecule has 0 saturated carbocycles. The summed E-state index contributed by atoms with van der Waals surface area (Å²) in [6.45, 7) is 0. The van der Waals surface area contributed by atoms with Gasteiger partial charge in [-0.05, 0) is 35.9 Å². The summed E-state index contributed by atoms with van der Waals surface area (Å²) in [6, 6.07) is 18.6. The van der Waals surface area contributed by atoms with Gasteiger partial charge in [-0.15, -0.1) is 0 Å². The molecule has 0 N–H and O–H groups in total. The largest absolute Gasteiger partial charge is 0.494 e. The Kier molecular flexibility index (Phi) is 4.10. The van der Waals surface area contributed by atoms with Gasteiger partial charge in [-0.3, -0.25) is 0 Å². The average Bonchev–Trinajstić information content (AvgIpc) is 2.56. The molecule has 0 bridgehead atoms. The molecule has 0 aliphatic rings. The van der Waals surface area contributed by atoms with Crippen LogP contribution in [0, 0.1) is 5.82 Å². The topological polar surface area (TPSA) is 35.0 Å². The first-order valence-electron chi connectivity index (χ1n) is 6.97. The Morgan fingerprint density at radius 1 is 0.955 bits per heavy atom. The summed E-state index contributed by atoms with van der Waals surface area (Å²) >= 11 is 0. The predicted octanol–water partition coefficient (Wildman–Crippen LogP) is 3.88. The number of methoxy groups -OCH3 is 1. The third-order valence-corrected chi connectivity index (χ3v) is 3.40. The number of ether oxygens (including phenoxy) is 1. The molecule has 0 spiro atoms. The fourth-order valence-corrected chi connectivity index (χ4v) is 2.24. The minimum absolute atomic E-state index is 0.220. The molecule has 3 rings (SSSR count). The number of hydrogen-bond acceptors (Lipinski definition) is 3. The van der Waals surface area contributed by atoms with Crippen molar-refractivity contribution in [3.8, 4) is 17.0 Å². The van der Waals surface area contributed by atoms with Gasteiger partial charge < -0.3 is 4.74 Å². The molecule has 0 radical (unpaired) electrons. The SMILES string of the molecule is COc1ccc(-c2ccc(Cc3ccccc3)nn2)cc1F. The lowest BCUT2D eigenvalue weighted by Gasteiger charge is -2.05. The van der Waals surface area contributed by atoms with Gasteiger partial charge in [0.05, 0.1) is 18.5 Å². The molecule has 3 nitrogen and oxygen atoms in total. The zero-order chi connectivity index (χ0) is 15.4. The lowest BCUT2D eigenvalue weighted by Crippen LogP contribution is -1.96.